The molecule has 23 heavy (non-hydrogen) atoms. The highest BCUT2D eigenvalue weighted by molar-refractivity contribution is 7.91. The lowest BCUT2D eigenvalue weighted by molar-refractivity contribution is 0.0747. The summed E-state index contributed by atoms with van der Waals surface area (Å²) in [7, 11) is 0.203. The molecule has 1 aliphatic rings. The van der Waals surface area contributed by atoms with Gasteiger partial charge in [0.25, 0.3) is 5.91 Å². The fourth-order valence-corrected chi connectivity index (χ4v) is 4.46. The maximum Gasteiger partial charge on any atom is 0.253 e. The second-order valence-corrected chi connectivity index (χ2v) is 7.87. The standard InChI is InChI=1S/C16H23NO5S/c1-4-22-10-13-9-12(5-6-15(13)21-3)16(18)17(2)14-7-8-23(19,20)11-14/h5-6,9,14H,4,7-8,10-11H2,1-3H3. The average molecular weight is 341 g/mol. The van der Waals surface area contributed by atoms with Gasteiger partial charge in [-0.05, 0) is 31.5 Å². The average Bonchev–Trinajstić information content (AvgIpc) is 2.91. The van der Waals surface area contributed by atoms with Gasteiger partial charge in [-0.25, -0.2) is 8.42 Å². The van der Waals surface area contributed by atoms with Gasteiger partial charge in [0, 0.05) is 30.8 Å². The van der Waals surface area contributed by atoms with Gasteiger partial charge >= 0.3 is 0 Å². The van der Waals surface area contributed by atoms with Gasteiger partial charge in [-0.1, -0.05) is 0 Å². The number of hydrogen-bond acceptors (Lipinski definition) is 5. The maximum absolute atomic E-state index is 12.6. The van der Waals surface area contributed by atoms with E-state index < -0.39 is 9.84 Å². The van der Waals surface area contributed by atoms with E-state index in [1.165, 1.54) is 4.90 Å². The topological polar surface area (TPSA) is 72.9 Å². The third-order valence-corrected chi connectivity index (χ3v) is 5.82. The van der Waals surface area contributed by atoms with Gasteiger partial charge in [0.2, 0.25) is 0 Å². The van der Waals surface area contributed by atoms with Crippen LogP contribution in [0, 0.1) is 0 Å². The van der Waals surface area contributed by atoms with Crippen molar-refractivity contribution in [2.75, 3.05) is 32.3 Å². The molecule has 0 N–H and O–H groups in total. The summed E-state index contributed by atoms with van der Waals surface area (Å²) in [6, 6.07) is 4.92. The van der Waals surface area contributed by atoms with Crippen molar-refractivity contribution in [1.82, 2.24) is 4.90 Å². The third-order valence-electron chi connectivity index (χ3n) is 4.07. The Morgan fingerprint density at radius 1 is 1.39 bits per heavy atom. The minimum Gasteiger partial charge on any atom is -0.496 e. The minimum absolute atomic E-state index is 0.0389. The number of sulfone groups is 1. The summed E-state index contributed by atoms with van der Waals surface area (Å²) in [5.74, 6) is 0.665. The molecule has 1 amide bonds. The van der Waals surface area contributed by atoms with Crippen molar-refractivity contribution >= 4 is 15.7 Å². The number of methoxy groups -OCH3 is 1. The minimum atomic E-state index is -3.02. The predicted octanol–water partition coefficient (Wildman–Crippen LogP) is 1.49. The van der Waals surface area contributed by atoms with E-state index >= 15 is 0 Å². The largest absolute Gasteiger partial charge is 0.496 e. The van der Waals surface area contributed by atoms with E-state index in [1.807, 2.05) is 6.92 Å². The van der Waals surface area contributed by atoms with Crippen LogP contribution in [-0.4, -0.2) is 57.5 Å². The molecule has 0 spiro atoms. The fourth-order valence-electron chi connectivity index (χ4n) is 2.69. The first kappa shape index (κ1) is 17.7. The normalized spacial score (nSPS) is 19.5. The number of carbonyl (C=O) groups is 1. The molecule has 0 aliphatic carbocycles. The van der Waals surface area contributed by atoms with Crippen LogP contribution in [0.15, 0.2) is 18.2 Å². The highest BCUT2D eigenvalue weighted by Crippen LogP contribution is 2.23. The van der Waals surface area contributed by atoms with Gasteiger partial charge in [0.1, 0.15) is 5.75 Å². The Hall–Kier alpha value is -1.60. The maximum atomic E-state index is 12.6. The van der Waals surface area contributed by atoms with Crippen molar-refractivity contribution in [3.05, 3.63) is 29.3 Å². The Labute approximate surface area is 137 Å². The quantitative estimate of drug-likeness (QED) is 0.784. The van der Waals surface area contributed by atoms with E-state index in [0.717, 1.165) is 5.56 Å². The second kappa shape index (κ2) is 7.31. The number of carbonyl (C=O) groups excluding carboxylic acids is 1. The van der Waals surface area contributed by atoms with Crippen LogP contribution in [0.3, 0.4) is 0 Å². The van der Waals surface area contributed by atoms with Gasteiger partial charge in [-0.15, -0.1) is 0 Å². The zero-order chi connectivity index (χ0) is 17.0. The lowest BCUT2D eigenvalue weighted by Crippen LogP contribution is -2.37. The lowest BCUT2D eigenvalue weighted by Gasteiger charge is -2.24. The summed E-state index contributed by atoms with van der Waals surface area (Å²) >= 11 is 0. The summed E-state index contributed by atoms with van der Waals surface area (Å²) < 4.78 is 33.9. The fraction of sp³-hybridized carbons (Fsp3) is 0.562. The number of ether oxygens (including phenoxy) is 2. The molecule has 0 radical (unpaired) electrons. The van der Waals surface area contributed by atoms with Crippen molar-refractivity contribution < 1.29 is 22.7 Å². The van der Waals surface area contributed by atoms with E-state index in [0.29, 0.717) is 30.9 Å². The molecule has 0 saturated carbocycles. The molecule has 1 fully saturated rings. The Bertz CT molecular complexity index is 671. The Morgan fingerprint density at radius 2 is 2.13 bits per heavy atom. The molecule has 1 saturated heterocycles. The lowest BCUT2D eigenvalue weighted by atomic mass is 10.1. The number of amides is 1. The van der Waals surface area contributed by atoms with Gasteiger partial charge in [0.15, 0.2) is 9.84 Å². The molecule has 1 aliphatic heterocycles. The summed E-state index contributed by atoms with van der Waals surface area (Å²) in [6.07, 6.45) is 0.493. The van der Waals surface area contributed by atoms with Gasteiger partial charge < -0.3 is 14.4 Å². The van der Waals surface area contributed by atoms with Crippen LogP contribution < -0.4 is 4.74 Å². The smallest absolute Gasteiger partial charge is 0.253 e. The van der Waals surface area contributed by atoms with E-state index in [9.17, 15) is 13.2 Å². The molecule has 1 heterocycles. The Morgan fingerprint density at radius 3 is 2.70 bits per heavy atom. The Balaban J connectivity index is 2.18. The molecule has 6 nitrogen and oxygen atoms in total. The molecular weight excluding hydrogens is 318 g/mol. The van der Waals surface area contributed by atoms with Crippen molar-refractivity contribution in [2.24, 2.45) is 0 Å². The van der Waals surface area contributed by atoms with Gasteiger partial charge in [-0.3, -0.25) is 4.79 Å². The zero-order valence-corrected chi connectivity index (χ0v) is 14.6. The number of rotatable bonds is 6. The van der Waals surface area contributed by atoms with E-state index in [1.54, 1.807) is 32.4 Å². The van der Waals surface area contributed by atoms with Crippen LogP contribution in [-0.2, 0) is 21.2 Å². The first-order valence-corrected chi connectivity index (χ1v) is 9.42. The molecule has 2 rings (SSSR count). The molecule has 1 aromatic rings. The van der Waals surface area contributed by atoms with Crippen LogP contribution in [0.25, 0.3) is 0 Å². The van der Waals surface area contributed by atoms with Crippen LogP contribution in [0.5, 0.6) is 5.75 Å². The van der Waals surface area contributed by atoms with Crippen molar-refractivity contribution in [2.45, 2.75) is 26.0 Å². The zero-order valence-electron chi connectivity index (χ0n) is 13.7. The van der Waals surface area contributed by atoms with Gasteiger partial charge in [0.05, 0.1) is 25.2 Å². The molecule has 0 aromatic heterocycles. The Kier molecular flexibility index (Phi) is 5.64. The number of benzene rings is 1. The molecule has 128 valence electrons. The number of nitrogens with zero attached hydrogens (tertiary/aromatic N) is 1. The predicted molar refractivity (Wildman–Crippen MR) is 87.5 cm³/mol. The molecule has 1 atom stereocenters. The molecule has 1 unspecified atom stereocenters. The molecule has 7 heteroatoms. The molecular formula is C16H23NO5S. The van der Waals surface area contributed by atoms with Crippen LogP contribution >= 0.6 is 0 Å². The van der Waals surface area contributed by atoms with Crippen molar-refractivity contribution in [3.8, 4) is 5.75 Å². The monoisotopic (exact) mass is 341 g/mol. The number of hydrogen-bond donors (Lipinski definition) is 0. The van der Waals surface area contributed by atoms with E-state index in [-0.39, 0.29) is 23.5 Å². The first-order valence-electron chi connectivity index (χ1n) is 7.60. The summed E-state index contributed by atoms with van der Waals surface area (Å²) in [6.45, 7) is 2.83. The second-order valence-electron chi connectivity index (χ2n) is 5.64. The van der Waals surface area contributed by atoms with Crippen molar-refractivity contribution in [1.29, 1.82) is 0 Å². The summed E-state index contributed by atoms with van der Waals surface area (Å²) in [5, 5.41) is 0. The van der Waals surface area contributed by atoms with Crippen LogP contribution in [0.4, 0.5) is 0 Å². The van der Waals surface area contributed by atoms with Gasteiger partial charge in [-0.2, -0.15) is 0 Å². The SMILES string of the molecule is CCOCc1cc(C(=O)N(C)C2CCS(=O)(=O)C2)ccc1OC. The van der Waals surface area contributed by atoms with Crippen LogP contribution in [0.1, 0.15) is 29.3 Å². The van der Waals surface area contributed by atoms with E-state index in [2.05, 4.69) is 0 Å². The first-order chi connectivity index (χ1) is 10.9. The molecule has 1 aromatic carbocycles. The van der Waals surface area contributed by atoms with E-state index in [4.69, 9.17) is 9.47 Å². The van der Waals surface area contributed by atoms with Crippen LogP contribution in [0.2, 0.25) is 0 Å². The van der Waals surface area contributed by atoms with Crippen molar-refractivity contribution in [3.63, 3.8) is 0 Å². The highest BCUT2D eigenvalue weighted by atomic mass is 32.2. The third kappa shape index (κ3) is 4.23. The summed E-state index contributed by atoms with van der Waals surface area (Å²) in [5.41, 5.74) is 1.31. The molecule has 0 bridgehead atoms. The summed E-state index contributed by atoms with van der Waals surface area (Å²) in [4.78, 5) is 14.1. The highest BCUT2D eigenvalue weighted by Gasteiger charge is 2.33.